The molecule has 1 amide bonds. The summed E-state index contributed by atoms with van der Waals surface area (Å²) >= 11 is 1.93. The molecule has 0 aromatic rings. The average molecular weight is 258 g/mol. The Morgan fingerprint density at radius 2 is 2.29 bits per heavy atom. The first-order valence-corrected chi connectivity index (χ1v) is 7.94. The van der Waals surface area contributed by atoms with Gasteiger partial charge in [0.15, 0.2) is 0 Å². The van der Waals surface area contributed by atoms with Gasteiger partial charge in [0.2, 0.25) is 5.91 Å². The first-order chi connectivity index (χ1) is 8.14. The van der Waals surface area contributed by atoms with Crippen molar-refractivity contribution in [2.75, 3.05) is 18.1 Å². The second-order valence-electron chi connectivity index (χ2n) is 4.83. The molecule has 2 unspecified atom stereocenters. The van der Waals surface area contributed by atoms with Crippen LogP contribution < -0.4 is 10.6 Å². The highest BCUT2D eigenvalue weighted by Crippen LogP contribution is 2.23. The number of nitrogens with one attached hydrogen (secondary N) is 2. The number of thioether (sulfide) groups is 1. The van der Waals surface area contributed by atoms with Crippen LogP contribution >= 0.6 is 11.8 Å². The van der Waals surface area contributed by atoms with Gasteiger partial charge in [-0.3, -0.25) is 4.79 Å². The monoisotopic (exact) mass is 258 g/mol. The van der Waals surface area contributed by atoms with Gasteiger partial charge in [0.1, 0.15) is 0 Å². The summed E-state index contributed by atoms with van der Waals surface area (Å²) in [6.45, 7) is 7.34. The summed E-state index contributed by atoms with van der Waals surface area (Å²) in [5.74, 6) is 2.48. The molecule has 3 nitrogen and oxygen atoms in total. The van der Waals surface area contributed by atoms with Gasteiger partial charge in [-0.15, -0.1) is 0 Å². The van der Waals surface area contributed by atoms with E-state index in [2.05, 4.69) is 31.4 Å². The Balaban J connectivity index is 2.36. The number of hydrogen-bond donors (Lipinski definition) is 2. The van der Waals surface area contributed by atoms with Gasteiger partial charge in [-0.05, 0) is 50.7 Å². The lowest BCUT2D eigenvalue weighted by Gasteiger charge is -2.28. The second kappa shape index (κ2) is 7.27. The minimum absolute atomic E-state index is 0.200. The van der Waals surface area contributed by atoms with Crippen molar-refractivity contribution in [3.63, 3.8) is 0 Å². The SMILES string of the molecule is CCSCCC(C)NC(=O)C1(CC)CCCN1. The summed E-state index contributed by atoms with van der Waals surface area (Å²) < 4.78 is 0. The Labute approximate surface area is 109 Å². The largest absolute Gasteiger partial charge is 0.352 e. The van der Waals surface area contributed by atoms with E-state index in [-0.39, 0.29) is 17.5 Å². The predicted octanol–water partition coefficient (Wildman–Crippen LogP) is 2.17. The van der Waals surface area contributed by atoms with Crippen molar-refractivity contribution in [2.24, 2.45) is 0 Å². The zero-order valence-corrected chi connectivity index (χ0v) is 12.2. The summed E-state index contributed by atoms with van der Waals surface area (Å²) in [6.07, 6.45) is 4.03. The summed E-state index contributed by atoms with van der Waals surface area (Å²) in [7, 11) is 0. The Morgan fingerprint density at radius 3 is 2.82 bits per heavy atom. The van der Waals surface area contributed by atoms with Gasteiger partial charge in [0.25, 0.3) is 0 Å². The van der Waals surface area contributed by atoms with Crippen molar-refractivity contribution in [3.8, 4) is 0 Å². The van der Waals surface area contributed by atoms with E-state index in [4.69, 9.17) is 0 Å². The molecule has 0 aromatic heterocycles. The number of rotatable bonds is 7. The minimum Gasteiger partial charge on any atom is -0.352 e. The average Bonchev–Trinajstić information content (AvgIpc) is 2.79. The van der Waals surface area contributed by atoms with E-state index in [1.54, 1.807) is 0 Å². The molecule has 0 aliphatic carbocycles. The summed E-state index contributed by atoms with van der Waals surface area (Å²) in [6, 6.07) is 0.285. The smallest absolute Gasteiger partial charge is 0.240 e. The van der Waals surface area contributed by atoms with Gasteiger partial charge in [-0.1, -0.05) is 13.8 Å². The maximum atomic E-state index is 12.3. The Kier molecular flexibility index (Phi) is 6.34. The first kappa shape index (κ1) is 14.8. The molecule has 1 rings (SSSR count). The highest BCUT2D eigenvalue weighted by Gasteiger charge is 2.39. The Bertz CT molecular complexity index is 240. The third-order valence-corrected chi connectivity index (χ3v) is 4.49. The molecule has 1 aliphatic heterocycles. The standard InChI is InChI=1S/C13H26N2OS/c1-4-13(8-6-9-14-13)12(16)15-11(3)7-10-17-5-2/h11,14H,4-10H2,1-3H3,(H,15,16). The lowest BCUT2D eigenvalue weighted by atomic mass is 9.93. The molecule has 1 fully saturated rings. The molecule has 2 atom stereocenters. The van der Waals surface area contributed by atoms with Gasteiger partial charge in [-0.25, -0.2) is 0 Å². The fourth-order valence-electron chi connectivity index (χ4n) is 2.30. The summed E-state index contributed by atoms with van der Waals surface area (Å²) in [5, 5.41) is 6.53. The molecule has 1 saturated heterocycles. The lowest BCUT2D eigenvalue weighted by Crippen LogP contribution is -2.55. The van der Waals surface area contributed by atoms with Crippen LogP contribution in [0, 0.1) is 0 Å². The number of amides is 1. The van der Waals surface area contributed by atoms with E-state index >= 15 is 0 Å². The maximum absolute atomic E-state index is 12.3. The molecule has 0 aromatic carbocycles. The van der Waals surface area contributed by atoms with Crippen LogP contribution in [-0.4, -0.2) is 35.5 Å². The van der Waals surface area contributed by atoms with Crippen molar-refractivity contribution in [1.82, 2.24) is 10.6 Å². The fraction of sp³-hybridized carbons (Fsp3) is 0.923. The second-order valence-corrected chi connectivity index (χ2v) is 6.22. The summed E-state index contributed by atoms with van der Waals surface area (Å²) in [5.41, 5.74) is -0.286. The van der Waals surface area contributed by atoms with E-state index in [0.717, 1.165) is 43.7 Å². The van der Waals surface area contributed by atoms with Crippen molar-refractivity contribution in [2.45, 2.75) is 58.0 Å². The van der Waals surface area contributed by atoms with Crippen LogP contribution in [0.5, 0.6) is 0 Å². The van der Waals surface area contributed by atoms with E-state index in [9.17, 15) is 4.79 Å². The van der Waals surface area contributed by atoms with Crippen LogP contribution in [0.15, 0.2) is 0 Å². The lowest BCUT2D eigenvalue weighted by molar-refractivity contribution is -0.127. The van der Waals surface area contributed by atoms with Gasteiger partial charge < -0.3 is 10.6 Å². The van der Waals surface area contributed by atoms with Crippen LogP contribution in [-0.2, 0) is 4.79 Å². The van der Waals surface area contributed by atoms with Gasteiger partial charge in [-0.2, -0.15) is 11.8 Å². The van der Waals surface area contributed by atoms with Crippen LogP contribution in [0.4, 0.5) is 0 Å². The van der Waals surface area contributed by atoms with E-state index in [0.29, 0.717) is 0 Å². The first-order valence-electron chi connectivity index (χ1n) is 6.78. The topological polar surface area (TPSA) is 41.1 Å². The number of hydrogen-bond acceptors (Lipinski definition) is 3. The molecule has 4 heteroatoms. The molecule has 0 radical (unpaired) electrons. The molecule has 17 heavy (non-hydrogen) atoms. The van der Waals surface area contributed by atoms with Crippen molar-refractivity contribution < 1.29 is 4.79 Å². The molecule has 2 N–H and O–H groups in total. The van der Waals surface area contributed by atoms with Crippen LogP contribution in [0.25, 0.3) is 0 Å². The Hall–Kier alpha value is -0.220. The zero-order chi connectivity index (χ0) is 12.7. The predicted molar refractivity (Wildman–Crippen MR) is 75.5 cm³/mol. The molecule has 1 heterocycles. The van der Waals surface area contributed by atoms with Gasteiger partial charge >= 0.3 is 0 Å². The number of carbonyl (C=O) groups is 1. The third kappa shape index (κ3) is 4.18. The molecular formula is C13H26N2OS. The van der Waals surface area contributed by atoms with Gasteiger partial charge in [0, 0.05) is 6.04 Å². The van der Waals surface area contributed by atoms with E-state index in [1.807, 2.05) is 11.8 Å². The van der Waals surface area contributed by atoms with Crippen LogP contribution in [0.1, 0.15) is 46.5 Å². The maximum Gasteiger partial charge on any atom is 0.240 e. The fourth-order valence-corrected chi connectivity index (χ4v) is 3.11. The quantitative estimate of drug-likeness (QED) is 0.688. The number of carbonyl (C=O) groups excluding carboxylic acids is 1. The van der Waals surface area contributed by atoms with Crippen LogP contribution in [0.3, 0.4) is 0 Å². The van der Waals surface area contributed by atoms with E-state index < -0.39 is 0 Å². The third-order valence-electron chi connectivity index (χ3n) is 3.56. The molecule has 0 saturated carbocycles. The highest BCUT2D eigenvalue weighted by atomic mass is 32.2. The van der Waals surface area contributed by atoms with E-state index in [1.165, 1.54) is 0 Å². The molecular weight excluding hydrogens is 232 g/mol. The highest BCUT2D eigenvalue weighted by molar-refractivity contribution is 7.99. The molecule has 0 bridgehead atoms. The van der Waals surface area contributed by atoms with Gasteiger partial charge in [0.05, 0.1) is 5.54 Å². The molecule has 0 spiro atoms. The minimum atomic E-state index is -0.286. The summed E-state index contributed by atoms with van der Waals surface area (Å²) in [4.78, 5) is 12.3. The normalized spacial score (nSPS) is 25.8. The van der Waals surface area contributed by atoms with Crippen molar-refractivity contribution in [1.29, 1.82) is 0 Å². The molecule has 1 aliphatic rings. The van der Waals surface area contributed by atoms with Crippen molar-refractivity contribution in [3.05, 3.63) is 0 Å². The van der Waals surface area contributed by atoms with Crippen LogP contribution in [0.2, 0.25) is 0 Å². The van der Waals surface area contributed by atoms with Crippen molar-refractivity contribution >= 4 is 17.7 Å². The molecule has 100 valence electrons. The zero-order valence-electron chi connectivity index (χ0n) is 11.3. The Morgan fingerprint density at radius 1 is 1.53 bits per heavy atom.